The highest BCUT2D eigenvalue weighted by Crippen LogP contribution is 2.46. The molecular weight excluding hydrogens is 397 g/mol. The van der Waals surface area contributed by atoms with Crippen molar-refractivity contribution in [1.82, 2.24) is 0 Å². The molecule has 0 aliphatic carbocycles. The third-order valence-corrected chi connectivity index (χ3v) is 4.49. The Hall–Kier alpha value is -3.23. The molecule has 0 N–H and O–H groups in total. The van der Waals surface area contributed by atoms with E-state index in [2.05, 4.69) is 0 Å². The summed E-state index contributed by atoms with van der Waals surface area (Å²) in [6, 6.07) is 11.4. The topological polar surface area (TPSA) is 107 Å². The van der Waals surface area contributed by atoms with Crippen molar-refractivity contribution in [1.29, 1.82) is 0 Å². The molecule has 3 aromatic carbocycles. The van der Waals surface area contributed by atoms with Crippen molar-refractivity contribution in [3.63, 3.8) is 0 Å². The zero-order valence-electron chi connectivity index (χ0n) is 13.3. The number of fused-ring (bicyclic) bond motifs is 1. The van der Waals surface area contributed by atoms with Crippen LogP contribution >= 0.6 is 23.2 Å². The first-order chi connectivity index (χ1) is 12.9. The molecular formula is C17H9Cl2N3O5. The van der Waals surface area contributed by atoms with Crippen molar-refractivity contribution in [2.45, 2.75) is 0 Å². The minimum atomic E-state index is -0.801. The lowest BCUT2D eigenvalue weighted by atomic mass is 10.1. The molecule has 10 heteroatoms. The highest BCUT2D eigenvalue weighted by Gasteiger charge is 2.32. The molecule has 0 atom stereocenters. The first-order valence-electron chi connectivity index (χ1n) is 7.40. The van der Waals surface area contributed by atoms with Gasteiger partial charge >= 0.3 is 0 Å². The predicted molar refractivity (Wildman–Crippen MR) is 102 cm³/mol. The maximum atomic E-state index is 11.9. The van der Waals surface area contributed by atoms with Crippen LogP contribution in [0.2, 0.25) is 10.0 Å². The zero-order chi connectivity index (χ0) is 19.7. The number of carbonyl (C=O) groups is 1. The van der Waals surface area contributed by atoms with E-state index in [-0.39, 0.29) is 17.1 Å². The smallest absolute Gasteiger partial charge is 0.278 e. The maximum absolute atomic E-state index is 11.9. The number of nitro benzene ring substituents is 2. The van der Waals surface area contributed by atoms with Gasteiger partial charge in [0.2, 0.25) is 12.1 Å². The van der Waals surface area contributed by atoms with E-state index in [9.17, 15) is 25.0 Å². The first kappa shape index (κ1) is 18.6. The number of rotatable bonds is 5. The summed E-state index contributed by atoms with van der Waals surface area (Å²) >= 11 is 12.5. The van der Waals surface area contributed by atoms with Crippen molar-refractivity contribution in [2.75, 3.05) is 4.90 Å². The van der Waals surface area contributed by atoms with Crippen LogP contribution in [0, 0.1) is 20.2 Å². The summed E-state index contributed by atoms with van der Waals surface area (Å²) in [6.07, 6.45) is 0.247. The van der Waals surface area contributed by atoms with Crippen LogP contribution < -0.4 is 4.90 Å². The van der Waals surface area contributed by atoms with E-state index in [4.69, 9.17) is 23.2 Å². The first-order valence-corrected chi connectivity index (χ1v) is 8.15. The number of nitro groups is 2. The summed E-state index contributed by atoms with van der Waals surface area (Å²) in [6.45, 7) is 0. The average molecular weight is 406 g/mol. The highest BCUT2D eigenvalue weighted by atomic mass is 35.5. The average Bonchev–Trinajstić information content (AvgIpc) is 2.64. The lowest BCUT2D eigenvalue weighted by molar-refractivity contribution is -0.392. The molecule has 0 bridgehead atoms. The van der Waals surface area contributed by atoms with Gasteiger partial charge in [-0.25, -0.2) is 0 Å². The SMILES string of the molecule is O=CN(c1c([N+](=O)[O-])cccc1[N+](=O)[O-])c1c(Cl)cc(Cl)c2ccccc12. The van der Waals surface area contributed by atoms with Crippen LogP contribution in [0.25, 0.3) is 10.8 Å². The number of halogens is 2. The molecule has 0 aliphatic heterocycles. The highest BCUT2D eigenvalue weighted by molar-refractivity contribution is 6.41. The van der Waals surface area contributed by atoms with E-state index >= 15 is 0 Å². The third-order valence-electron chi connectivity index (χ3n) is 3.89. The second-order valence-corrected chi connectivity index (χ2v) is 6.18. The van der Waals surface area contributed by atoms with E-state index in [0.717, 1.165) is 17.0 Å². The molecule has 27 heavy (non-hydrogen) atoms. The second kappa shape index (κ2) is 7.18. The third kappa shape index (κ3) is 3.16. The summed E-state index contributed by atoms with van der Waals surface area (Å²) in [5, 5.41) is 24.1. The number of anilines is 2. The molecule has 0 aromatic heterocycles. The Morgan fingerprint density at radius 1 is 0.815 bits per heavy atom. The molecule has 0 spiro atoms. The minimum absolute atomic E-state index is 0.0123. The molecule has 0 radical (unpaired) electrons. The van der Waals surface area contributed by atoms with Crippen molar-refractivity contribution in [3.05, 3.63) is 78.8 Å². The van der Waals surface area contributed by atoms with Gasteiger partial charge in [0.1, 0.15) is 0 Å². The number of benzene rings is 3. The predicted octanol–water partition coefficient (Wildman–Crippen LogP) is 5.26. The van der Waals surface area contributed by atoms with E-state index < -0.39 is 26.9 Å². The van der Waals surface area contributed by atoms with Crippen molar-refractivity contribution >= 4 is 63.1 Å². The van der Waals surface area contributed by atoms with Gasteiger partial charge in [-0.2, -0.15) is 0 Å². The van der Waals surface area contributed by atoms with Crippen LogP contribution in [0.3, 0.4) is 0 Å². The number of carbonyl (C=O) groups excluding carboxylic acids is 1. The lowest BCUT2D eigenvalue weighted by Gasteiger charge is -2.21. The summed E-state index contributed by atoms with van der Waals surface area (Å²) in [5.74, 6) is 0. The zero-order valence-corrected chi connectivity index (χ0v) is 14.8. The van der Waals surface area contributed by atoms with Crippen LogP contribution in [0.1, 0.15) is 0 Å². The fourth-order valence-corrected chi connectivity index (χ4v) is 3.44. The fourth-order valence-electron chi connectivity index (χ4n) is 2.81. The summed E-state index contributed by atoms with van der Waals surface area (Å²) in [7, 11) is 0. The van der Waals surface area contributed by atoms with Gasteiger partial charge < -0.3 is 0 Å². The fraction of sp³-hybridized carbons (Fsp3) is 0. The Balaban J connectivity index is 2.43. The Kier molecular flexibility index (Phi) is 4.93. The summed E-state index contributed by atoms with van der Waals surface area (Å²) in [4.78, 5) is 34.0. The van der Waals surface area contributed by atoms with Crippen LogP contribution in [-0.4, -0.2) is 16.3 Å². The van der Waals surface area contributed by atoms with E-state index in [1.165, 1.54) is 12.1 Å². The van der Waals surface area contributed by atoms with E-state index in [1.54, 1.807) is 24.3 Å². The van der Waals surface area contributed by atoms with Crippen molar-refractivity contribution in [2.24, 2.45) is 0 Å². The van der Waals surface area contributed by atoms with Gasteiger partial charge in [-0.1, -0.05) is 47.5 Å². The molecule has 8 nitrogen and oxygen atoms in total. The lowest BCUT2D eigenvalue weighted by Crippen LogP contribution is -2.18. The van der Waals surface area contributed by atoms with Gasteiger partial charge in [-0.15, -0.1) is 0 Å². The molecule has 0 saturated carbocycles. The van der Waals surface area contributed by atoms with Gasteiger partial charge in [0.15, 0.2) is 0 Å². The number of nitrogens with zero attached hydrogens (tertiary/aromatic N) is 3. The summed E-state index contributed by atoms with van der Waals surface area (Å²) in [5.41, 5.74) is -1.64. The minimum Gasteiger partial charge on any atom is -0.278 e. The molecule has 0 fully saturated rings. The van der Waals surface area contributed by atoms with Gasteiger partial charge in [0, 0.05) is 22.9 Å². The summed E-state index contributed by atoms with van der Waals surface area (Å²) < 4.78 is 0. The van der Waals surface area contributed by atoms with E-state index in [1.807, 2.05) is 0 Å². The maximum Gasteiger partial charge on any atom is 0.300 e. The number of hydrogen-bond acceptors (Lipinski definition) is 5. The van der Waals surface area contributed by atoms with Crippen molar-refractivity contribution in [3.8, 4) is 0 Å². The normalized spacial score (nSPS) is 10.6. The van der Waals surface area contributed by atoms with E-state index in [0.29, 0.717) is 15.8 Å². The molecule has 0 heterocycles. The largest absolute Gasteiger partial charge is 0.300 e. The quantitative estimate of drug-likeness (QED) is 0.327. The molecule has 0 saturated heterocycles. The number of hydrogen-bond donors (Lipinski definition) is 0. The monoisotopic (exact) mass is 405 g/mol. The Bertz CT molecular complexity index is 1070. The molecule has 136 valence electrons. The standard InChI is InChI=1S/C17H9Cl2N3O5/c18-12-8-13(19)16(11-5-2-1-4-10(11)12)20(9-23)17-14(21(24)25)6-3-7-15(17)22(26)27/h1-9H. The van der Waals surface area contributed by atoms with Gasteiger partial charge in [-0.3, -0.25) is 29.9 Å². The molecule has 3 rings (SSSR count). The van der Waals surface area contributed by atoms with Crippen LogP contribution in [0.4, 0.5) is 22.7 Å². The van der Waals surface area contributed by atoms with Crippen molar-refractivity contribution < 1.29 is 14.6 Å². The number of amides is 1. The van der Waals surface area contributed by atoms with Crippen LogP contribution in [-0.2, 0) is 4.79 Å². The second-order valence-electron chi connectivity index (χ2n) is 5.37. The molecule has 3 aromatic rings. The molecule has 1 amide bonds. The molecule has 0 aliphatic rings. The Morgan fingerprint density at radius 3 is 1.89 bits per heavy atom. The number of para-hydroxylation sites is 1. The molecule has 0 unspecified atom stereocenters. The van der Waals surface area contributed by atoms with Gasteiger partial charge in [0.25, 0.3) is 11.4 Å². The Labute approximate surface area is 161 Å². The van der Waals surface area contributed by atoms with Crippen LogP contribution in [0.5, 0.6) is 0 Å². The van der Waals surface area contributed by atoms with Gasteiger partial charge in [0.05, 0.1) is 25.6 Å². The van der Waals surface area contributed by atoms with Gasteiger partial charge in [-0.05, 0) is 12.1 Å². The van der Waals surface area contributed by atoms with Crippen LogP contribution in [0.15, 0.2) is 48.5 Å². The Morgan fingerprint density at radius 2 is 1.37 bits per heavy atom.